The van der Waals surface area contributed by atoms with Gasteiger partial charge in [-0.25, -0.2) is 4.68 Å². The number of aromatic nitrogens is 2. The number of rotatable bonds is 6. The Morgan fingerprint density at radius 3 is 2.45 bits per heavy atom. The summed E-state index contributed by atoms with van der Waals surface area (Å²) in [5, 5.41) is 8.63. The molecular formula is C24H29N5O2. The standard InChI is InChI=1S/C24H29N5O2/c1-27-10-12-29(13-11-27)17-19-7-5-6-18(14-19)16-25-23(30)15-22-20-8-3-4-9-21(20)24(31)28(2)26-22/h3-9,14H,10-13,15-17H2,1-2H3,(H,25,30). The van der Waals surface area contributed by atoms with Crippen molar-refractivity contribution in [3.05, 3.63) is 75.7 Å². The smallest absolute Gasteiger partial charge is 0.274 e. The van der Waals surface area contributed by atoms with Crippen molar-refractivity contribution in [3.8, 4) is 0 Å². The molecule has 1 fully saturated rings. The third kappa shape index (κ3) is 5.18. The van der Waals surface area contributed by atoms with Crippen molar-refractivity contribution in [2.75, 3.05) is 33.2 Å². The van der Waals surface area contributed by atoms with Crippen LogP contribution < -0.4 is 10.9 Å². The second-order valence-corrected chi connectivity index (χ2v) is 8.27. The first-order valence-corrected chi connectivity index (χ1v) is 10.7. The van der Waals surface area contributed by atoms with Crippen LogP contribution in [0.1, 0.15) is 16.8 Å². The fraction of sp³-hybridized carbons (Fsp3) is 0.375. The highest BCUT2D eigenvalue weighted by Gasteiger charge is 2.15. The van der Waals surface area contributed by atoms with Crippen molar-refractivity contribution < 1.29 is 4.79 Å². The van der Waals surface area contributed by atoms with Crippen LogP contribution in [0.3, 0.4) is 0 Å². The van der Waals surface area contributed by atoms with Gasteiger partial charge in [-0.2, -0.15) is 5.10 Å². The lowest BCUT2D eigenvalue weighted by molar-refractivity contribution is -0.120. The van der Waals surface area contributed by atoms with E-state index in [2.05, 4.69) is 45.5 Å². The summed E-state index contributed by atoms with van der Waals surface area (Å²) < 4.78 is 1.30. The maximum absolute atomic E-state index is 12.6. The predicted octanol–water partition coefficient (Wildman–Crippen LogP) is 1.54. The molecule has 1 aliphatic heterocycles. The van der Waals surface area contributed by atoms with Crippen LogP contribution in [-0.2, 0) is 31.4 Å². The number of hydrogen-bond acceptors (Lipinski definition) is 5. The van der Waals surface area contributed by atoms with Gasteiger partial charge in [-0.1, -0.05) is 42.5 Å². The molecule has 162 valence electrons. The largest absolute Gasteiger partial charge is 0.352 e. The van der Waals surface area contributed by atoms with E-state index in [-0.39, 0.29) is 17.9 Å². The highest BCUT2D eigenvalue weighted by atomic mass is 16.1. The van der Waals surface area contributed by atoms with E-state index < -0.39 is 0 Å². The zero-order valence-electron chi connectivity index (χ0n) is 18.2. The lowest BCUT2D eigenvalue weighted by Gasteiger charge is -2.32. The van der Waals surface area contributed by atoms with E-state index in [9.17, 15) is 9.59 Å². The van der Waals surface area contributed by atoms with Crippen LogP contribution in [0.2, 0.25) is 0 Å². The third-order valence-electron chi connectivity index (χ3n) is 5.84. The number of piperazine rings is 1. The SMILES string of the molecule is CN1CCN(Cc2cccc(CNC(=O)Cc3nn(C)c(=O)c4ccccc34)c2)CC1. The summed E-state index contributed by atoms with van der Waals surface area (Å²) in [6, 6.07) is 15.7. The fourth-order valence-electron chi connectivity index (χ4n) is 4.02. The van der Waals surface area contributed by atoms with Crippen molar-refractivity contribution in [1.82, 2.24) is 24.9 Å². The Morgan fingerprint density at radius 1 is 0.968 bits per heavy atom. The fourth-order valence-corrected chi connectivity index (χ4v) is 4.02. The summed E-state index contributed by atoms with van der Waals surface area (Å²) in [5.74, 6) is -0.110. The van der Waals surface area contributed by atoms with Crippen molar-refractivity contribution in [1.29, 1.82) is 0 Å². The van der Waals surface area contributed by atoms with E-state index >= 15 is 0 Å². The number of nitrogens with one attached hydrogen (secondary N) is 1. The van der Waals surface area contributed by atoms with Gasteiger partial charge in [-0.3, -0.25) is 14.5 Å². The van der Waals surface area contributed by atoms with Crippen LogP contribution in [0.15, 0.2) is 53.3 Å². The van der Waals surface area contributed by atoms with E-state index in [0.29, 0.717) is 17.6 Å². The van der Waals surface area contributed by atoms with Gasteiger partial charge in [0.25, 0.3) is 5.56 Å². The summed E-state index contributed by atoms with van der Waals surface area (Å²) in [7, 11) is 3.77. The second kappa shape index (κ2) is 9.41. The lowest BCUT2D eigenvalue weighted by Crippen LogP contribution is -2.43. The number of aryl methyl sites for hydroxylation is 1. The number of benzene rings is 2. The van der Waals surface area contributed by atoms with E-state index in [4.69, 9.17) is 0 Å². The molecule has 4 rings (SSSR count). The Balaban J connectivity index is 1.38. The minimum absolute atomic E-state index is 0.110. The first kappa shape index (κ1) is 21.2. The van der Waals surface area contributed by atoms with Crippen LogP contribution in [0.4, 0.5) is 0 Å². The molecule has 0 spiro atoms. The Kier molecular flexibility index (Phi) is 6.44. The normalized spacial score (nSPS) is 15.3. The van der Waals surface area contributed by atoms with Crippen molar-refractivity contribution in [2.24, 2.45) is 7.05 Å². The lowest BCUT2D eigenvalue weighted by atomic mass is 10.1. The molecule has 0 bridgehead atoms. The first-order valence-electron chi connectivity index (χ1n) is 10.7. The van der Waals surface area contributed by atoms with Crippen molar-refractivity contribution >= 4 is 16.7 Å². The average Bonchev–Trinajstić information content (AvgIpc) is 2.78. The average molecular weight is 420 g/mol. The van der Waals surface area contributed by atoms with Crippen molar-refractivity contribution in [2.45, 2.75) is 19.5 Å². The first-order chi connectivity index (χ1) is 15.0. The van der Waals surface area contributed by atoms with E-state index in [1.807, 2.05) is 24.3 Å². The zero-order chi connectivity index (χ0) is 21.8. The molecule has 1 aromatic heterocycles. The topological polar surface area (TPSA) is 70.5 Å². The van der Waals surface area contributed by atoms with E-state index in [1.54, 1.807) is 13.1 Å². The molecule has 1 saturated heterocycles. The molecule has 2 heterocycles. The van der Waals surface area contributed by atoms with Crippen LogP contribution in [0.25, 0.3) is 10.8 Å². The highest BCUT2D eigenvalue weighted by molar-refractivity contribution is 5.88. The minimum atomic E-state index is -0.156. The summed E-state index contributed by atoms with van der Waals surface area (Å²) >= 11 is 0. The van der Waals surface area contributed by atoms with Gasteiger partial charge in [0, 0.05) is 51.7 Å². The molecule has 0 radical (unpaired) electrons. The second-order valence-electron chi connectivity index (χ2n) is 8.27. The summed E-state index contributed by atoms with van der Waals surface area (Å²) in [6.07, 6.45) is 0.135. The molecular weight excluding hydrogens is 390 g/mol. The molecule has 1 aliphatic rings. The number of nitrogens with zero attached hydrogens (tertiary/aromatic N) is 4. The molecule has 0 atom stereocenters. The van der Waals surface area contributed by atoms with Gasteiger partial charge in [0.2, 0.25) is 5.91 Å². The molecule has 0 aliphatic carbocycles. The van der Waals surface area contributed by atoms with Gasteiger partial charge in [-0.05, 0) is 24.2 Å². The molecule has 0 saturated carbocycles. The van der Waals surface area contributed by atoms with E-state index in [1.165, 1.54) is 10.2 Å². The quantitative estimate of drug-likeness (QED) is 0.656. The van der Waals surface area contributed by atoms with Gasteiger partial charge in [0.15, 0.2) is 0 Å². The van der Waals surface area contributed by atoms with Crippen LogP contribution in [-0.4, -0.2) is 58.7 Å². The van der Waals surface area contributed by atoms with Crippen LogP contribution in [0, 0.1) is 0 Å². The van der Waals surface area contributed by atoms with Gasteiger partial charge in [0.1, 0.15) is 0 Å². The number of likely N-dealkylation sites (N-methyl/N-ethyl adjacent to an activating group) is 1. The Hall–Kier alpha value is -3.03. The monoisotopic (exact) mass is 419 g/mol. The van der Waals surface area contributed by atoms with Crippen LogP contribution >= 0.6 is 0 Å². The van der Waals surface area contributed by atoms with Gasteiger partial charge < -0.3 is 10.2 Å². The van der Waals surface area contributed by atoms with Crippen molar-refractivity contribution in [3.63, 3.8) is 0 Å². The van der Waals surface area contributed by atoms with Gasteiger partial charge in [0.05, 0.1) is 17.5 Å². The summed E-state index contributed by atoms with van der Waals surface area (Å²) in [5.41, 5.74) is 2.80. The number of hydrogen-bond donors (Lipinski definition) is 1. The maximum atomic E-state index is 12.6. The number of carbonyl (C=O) groups excluding carboxylic acids is 1. The summed E-state index contributed by atoms with van der Waals surface area (Å²) in [6.45, 7) is 5.77. The Morgan fingerprint density at radius 2 is 1.68 bits per heavy atom. The molecule has 7 nitrogen and oxygen atoms in total. The molecule has 1 N–H and O–H groups in total. The summed E-state index contributed by atoms with van der Waals surface area (Å²) in [4.78, 5) is 29.7. The third-order valence-corrected chi connectivity index (χ3v) is 5.84. The Bertz CT molecular complexity index is 1130. The number of amides is 1. The maximum Gasteiger partial charge on any atom is 0.274 e. The zero-order valence-corrected chi connectivity index (χ0v) is 18.2. The molecule has 3 aromatic rings. The van der Waals surface area contributed by atoms with Gasteiger partial charge >= 0.3 is 0 Å². The molecule has 7 heteroatoms. The highest BCUT2D eigenvalue weighted by Crippen LogP contribution is 2.14. The number of carbonyl (C=O) groups is 1. The molecule has 0 unspecified atom stereocenters. The molecule has 31 heavy (non-hydrogen) atoms. The molecule has 1 amide bonds. The minimum Gasteiger partial charge on any atom is -0.352 e. The predicted molar refractivity (Wildman–Crippen MR) is 122 cm³/mol. The molecule has 2 aromatic carbocycles. The van der Waals surface area contributed by atoms with E-state index in [0.717, 1.165) is 43.7 Å². The number of fused-ring (bicyclic) bond motifs is 1. The van der Waals surface area contributed by atoms with Gasteiger partial charge in [-0.15, -0.1) is 0 Å². The van der Waals surface area contributed by atoms with Crippen LogP contribution in [0.5, 0.6) is 0 Å². The Labute approximate surface area is 182 Å².